The van der Waals surface area contributed by atoms with Crippen LogP contribution in [0.3, 0.4) is 0 Å². The summed E-state index contributed by atoms with van der Waals surface area (Å²) in [5.74, 6) is 0. The minimum absolute atomic E-state index is 0. The van der Waals surface area contributed by atoms with E-state index >= 15 is 0 Å². The van der Waals surface area contributed by atoms with E-state index in [1.54, 1.807) is 12.3 Å². The Labute approximate surface area is 116 Å². The fourth-order valence-corrected chi connectivity index (χ4v) is 1.74. The summed E-state index contributed by atoms with van der Waals surface area (Å²) in [7, 11) is 1.98. The summed E-state index contributed by atoms with van der Waals surface area (Å²) >= 11 is 0. The van der Waals surface area contributed by atoms with Crippen LogP contribution in [0.4, 0.5) is 8.78 Å². The highest BCUT2D eigenvalue weighted by Crippen LogP contribution is 2.02. The summed E-state index contributed by atoms with van der Waals surface area (Å²) in [6.07, 6.45) is 1.19. The van der Waals surface area contributed by atoms with Crippen molar-refractivity contribution < 1.29 is 8.78 Å². The molecule has 0 amide bonds. The van der Waals surface area contributed by atoms with Crippen LogP contribution in [0, 0.1) is 0 Å². The molecule has 0 aliphatic rings. The monoisotopic (exact) mass is 290 g/mol. The molecule has 2 heterocycles. The molecule has 1 N–H and O–H groups in total. The molecular weight excluding hydrogens is 274 g/mol. The third kappa shape index (κ3) is 4.65. The average Bonchev–Trinajstić information content (AvgIpc) is 2.89. The van der Waals surface area contributed by atoms with Gasteiger partial charge in [0.15, 0.2) is 0 Å². The normalized spacial score (nSPS) is 10.7. The van der Waals surface area contributed by atoms with Gasteiger partial charge in [0.05, 0.1) is 5.69 Å². The zero-order valence-corrected chi connectivity index (χ0v) is 11.4. The Hall–Kier alpha value is -1.40. The van der Waals surface area contributed by atoms with E-state index in [0.29, 0.717) is 6.54 Å². The molecular formula is C12H17ClF2N4. The van der Waals surface area contributed by atoms with Crippen LogP contribution in [0.2, 0.25) is 0 Å². The first-order valence-corrected chi connectivity index (χ1v) is 5.76. The molecule has 0 saturated heterocycles. The van der Waals surface area contributed by atoms with Gasteiger partial charge in [0.25, 0.3) is 6.43 Å². The third-order valence-corrected chi connectivity index (χ3v) is 2.68. The second-order valence-electron chi connectivity index (χ2n) is 4.13. The molecule has 2 aromatic heterocycles. The second kappa shape index (κ2) is 7.25. The first-order valence-electron chi connectivity index (χ1n) is 5.76. The predicted octanol–water partition coefficient (Wildman–Crippen LogP) is 2.20. The SMILES string of the molecule is Cl.Cn1cccc1CNCc1ccn(CC(F)F)n1. The highest BCUT2D eigenvalue weighted by atomic mass is 35.5. The second-order valence-corrected chi connectivity index (χ2v) is 4.13. The number of nitrogens with one attached hydrogen (secondary N) is 1. The van der Waals surface area contributed by atoms with Crippen molar-refractivity contribution in [1.82, 2.24) is 19.7 Å². The zero-order chi connectivity index (χ0) is 13.0. The van der Waals surface area contributed by atoms with Crippen molar-refractivity contribution in [2.75, 3.05) is 0 Å². The molecule has 7 heteroatoms. The molecule has 0 fully saturated rings. The van der Waals surface area contributed by atoms with Crippen LogP contribution in [-0.2, 0) is 26.7 Å². The molecule has 0 spiro atoms. The van der Waals surface area contributed by atoms with Crippen LogP contribution in [0.15, 0.2) is 30.6 Å². The van der Waals surface area contributed by atoms with Crippen LogP contribution in [0.1, 0.15) is 11.4 Å². The molecule has 19 heavy (non-hydrogen) atoms. The lowest BCUT2D eigenvalue weighted by Gasteiger charge is -2.04. The molecule has 0 unspecified atom stereocenters. The molecule has 0 radical (unpaired) electrons. The van der Waals surface area contributed by atoms with Crippen LogP contribution in [0.5, 0.6) is 0 Å². The fourth-order valence-electron chi connectivity index (χ4n) is 1.74. The van der Waals surface area contributed by atoms with Crippen molar-refractivity contribution in [2.24, 2.45) is 7.05 Å². The van der Waals surface area contributed by atoms with Crippen LogP contribution in [-0.4, -0.2) is 20.8 Å². The molecule has 0 aliphatic carbocycles. The quantitative estimate of drug-likeness (QED) is 0.885. The Bertz CT molecular complexity index is 495. The molecule has 0 aliphatic heterocycles. The minimum Gasteiger partial charge on any atom is -0.353 e. The summed E-state index contributed by atoms with van der Waals surface area (Å²) in [5.41, 5.74) is 1.94. The van der Waals surface area contributed by atoms with Crippen LogP contribution in [0.25, 0.3) is 0 Å². The molecule has 106 valence electrons. The van der Waals surface area contributed by atoms with Crippen molar-refractivity contribution in [2.45, 2.75) is 26.1 Å². The van der Waals surface area contributed by atoms with Gasteiger partial charge < -0.3 is 9.88 Å². The number of rotatable bonds is 6. The minimum atomic E-state index is -2.37. The molecule has 0 saturated carbocycles. The van der Waals surface area contributed by atoms with Gasteiger partial charge in [-0.15, -0.1) is 12.4 Å². The smallest absolute Gasteiger partial charge is 0.257 e. The number of aryl methyl sites for hydroxylation is 1. The van der Waals surface area contributed by atoms with E-state index in [1.165, 1.54) is 10.4 Å². The number of hydrogen-bond acceptors (Lipinski definition) is 2. The number of hydrogen-bond donors (Lipinski definition) is 1. The first-order chi connectivity index (χ1) is 8.65. The Morgan fingerprint density at radius 2 is 2.05 bits per heavy atom. The van der Waals surface area contributed by atoms with Gasteiger partial charge in [-0.25, -0.2) is 8.78 Å². The van der Waals surface area contributed by atoms with Gasteiger partial charge in [-0.05, 0) is 18.2 Å². The molecule has 0 bridgehead atoms. The summed E-state index contributed by atoms with van der Waals surface area (Å²) in [6.45, 7) is 0.949. The summed E-state index contributed by atoms with van der Waals surface area (Å²) in [6, 6.07) is 5.76. The van der Waals surface area contributed by atoms with Crippen LogP contribution < -0.4 is 5.32 Å². The predicted molar refractivity (Wildman–Crippen MR) is 71.4 cm³/mol. The van der Waals surface area contributed by atoms with Gasteiger partial charge >= 0.3 is 0 Å². The Morgan fingerprint density at radius 3 is 2.68 bits per heavy atom. The van der Waals surface area contributed by atoms with Crippen molar-refractivity contribution in [3.63, 3.8) is 0 Å². The molecule has 4 nitrogen and oxygen atoms in total. The van der Waals surface area contributed by atoms with Crippen molar-refractivity contribution in [3.05, 3.63) is 42.0 Å². The maximum atomic E-state index is 12.1. The Balaban J connectivity index is 0.00000180. The molecule has 0 atom stereocenters. The number of halogens is 3. The third-order valence-electron chi connectivity index (χ3n) is 2.68. The highest BCUT2D eigenvalue weighted by Gasteiger charge is 2.05. The number of nitrogens with zero attached hydrogens (tertiary/aromatic N) is 3. The lowest BCUT2D eigenvalue weighted by atomic mass is 10.4. The molecule has 0 aromatic carbocycles. The van der Waals surface area contributed by atoms with Crippen LogP contribution >= 0.6 is 12.4 Å². The van der Waals surface area contributed by atoms with Gasteiger partial charge in [-0.3, -0.25) is 4.68 Å². The van der Waals surface area contributed by atoms with E-state index in [1.807, 2.05) is 29.9 Å². The van der Waals surface area contributed by atoms with E-state index < -0.39 is 6.43 Å². The highest BCUT2D eigenvalue weighted by molar-refractivity contribution is 5.85. The van der Waals surface area contributed by atoms with E-state index in [9.17, 15) is 8.78 Å². The number of aromatic nitrogens is 3. The van der Waals surface area contributed by atoms with E-state index in [2.05, 4.69) is 10.4 Å². The largest absolute Gasteiger partial charge is 0.353 e. The van der Waals surface area contributed by atoms with Gasteiger partial charge in [0, 0.05) is 38.2 Å². The zero-order valence-electron chi connectivity index (χ0n) is 10.6. The van der Waals surface area contributed by atoms with E-state index in [-0.39, 0.29) is 19.0 Å². The topological polar surface area (TPSA) is 34.8 Å². The van der Waals surface area contributed by atoms with E-state index in [0.717, 1.165) is 12.2 Å². The van der Waals surface area contributed by atoms with Gasteiger partial charge in [-0.1, -0.05) is 0 Å². The Kier molecular flexibility index (Phi) is 5.98. The molecule has 2 aromatic rings. The van der Waals surface area contributed by atoms with Crippen molar-refractivity contribution >= 4 is 12.4 Å². The van der Waals surface area contributed by atoms with Gasteiger partial charge in [0.1, 0.15) is 6.54 Å². The van der Waals surface area contributed by atoms with Gasteiger partial charge in [0.2, 0.25) is 0 Å². The van der Waals surface area contributed by atoms with E-state index in [4.69, 9.17) is 0 Å². The number of alkyl halides is 2. The lowest BCUT2D eigenvalue weighted by Crippen LogP contribution is -2.15. The van der Waals surface area contributed by atoms with Gasteiger partial charge in [-0.2, -0.15) is 5.10 Å². The lowest BCUT2D eigenvalue weighted by molar-refractivity contribution is 0.121. The van der Waals surface area contributed by atoms with Crippen molar-refractivity contribution in [1.29, 1.82) is 0 Å². The maximum absolute atomic E-state index is 12.1. The average molecular weight is 291 g/mol. The fraction of sp³-hybridized carbons (Fsp3) is 0.417. The molecule has 2 rings (SSSR count). The Morgan fingerprint density at radius 1 is 1.26 bits per heavy atom. The summed E-state index contributed by atoms with van der Waals surface area (Å²) in [4.78, 5) is 0. The standard InChI is InChI=1S/C12H16F2N4.ClH/c1-17-5-2-3-11(17)8-15-7-10-4-6-18(16-10)9-12(13)14;/h2-6,12,15H,7-9H2,1H3;1H. The maximum Gasteiger partial charge on any atom is 0.257 e. The summed E-state index contributed by atoms with van der Waals surface area (Å²) in [5, 5.41) is 7.29. The first kappa shape index (κ1) is 15.7. The van der Waals surface area contributed by atoms with Crippen molar-refractivity contribution in [3.8, 4) is 0 Å². The summed E-state index contributed by atoms with van der Waals surface area (Å²) < 4.78 is 27.6.